The van der Waals surface area contributed by atoms with Crippen molar-refractivity contribution in [3.63, 3.8) is 0 Å². The van der Waals surface area contributed by atoms with Gasteiger partial charge in [-0.3, -0.25) is 0 Å². The zero-order valence-electron chi connectivity index (χ0n) is 8.35. The molecule has 1 aliphatic rings. The van der Waals surface area contributed by atoms with E-state index in [1.165, 1.54) is 5.56 Å². The first-order valence-electron chi connectivity index (χ1n) is 4.99. The van der Waals surface area contributed by atoms with Crippen molar-refractivity contribution in [1.29, 1.82) is 0 Å². The SMILES string of the molecule is CC(c1ccccc1)N1CCCS1=O. The molecule has 3 heteroatoms. The van der Waals surface area contributed by atoms with Crippen molar-refractivity contribution in [2.75, 3.05) is 12.3 Å². The summed E-state index contributed by atoms with van der Waals surface area (Å²) in [6, 6.07) is 10.5. The summed E-state index contributed by atoms with van der Waals surface area (Å²) in [6.07, 6.45) is 1.06. The van der Waals surface area contributed by atoms with Gasteiger partial charge in [-0.25, -0.2) is 8.51 Å². The van der Waals surface area contributed by atoms with E-state index in [4.69, 9.17) is 0 Å². The lowest BCUT2D eigenvalue weighted by atomic mass is 10.1. The number of hydrogen-bond donors (Lipinski definition) is 0. The summed E-state index contributed by atoms with van der Waals surface area (Å²) in [5.41, 5.74) is 1.25. The Morgan fingerprint density at radius 2 is 2.07 bits per heavy atom. The minimum atomic E-state index is -0.758. The third kappa shape index (κ3) is 1.88. The van der Waals surface area contributed by atoms with Crippen LogP contribution < -0.4 is 0 Å². The predicted octanol–water partition coefficient (Wildman–Crippen LogP) is 2.12. The standard InChI is InChI=1S/C11H15NOS/c1-10(11-6-3-2-4-7-11)12-8-5-9-14(12)13/h2-4,6-7,10H,5,8-9H2,1H3. The first-order chi connectivity index (χ1) is 6.79. The van der Waals surface area contributed by atoms with E-state index in [1.54, 1.807) is 0 Å². The first-order valence-corrected chi connectivity index (χ1v) is 6.26. The van der Waals surface area contributed by atoms with E-state index in [1.807, 2.05) is 18.2 Å². The van der Waals surface area contributed by atoms with Gasteiger partial charge in [0.1, 0.15) is 0 Å². The number of nitrogens with zero attached hydrogens (tertiary/aromatic N) is 1. The molecule has 0 aliphatic carbocycles. The molecule has 1 saturated heterocycles. The summed E-state index contributed by atoms with van der Waals surface area (Å²) in [5, 5.41) is 0. The van der Waals surface area contributed by atoms with Crippen LogP contribution in [0.25, 0.3) is 0 Å². The Labute approximate surface area is 87.5 Å². The van der Waals surface area contributed by atoms with E-state index in [-0.39, 0.29) is 6.04 Å². The lowest BCUT2D eigenvalue weighted by Crippen LogP contribution is -2.24. The van der Waals surface area contributed by atoms with Crippen molar-refractivity contribution in [2.24, 2.45) is 0 Å². The Morgan fingerprint density at radius 3 is 2.64 bits per heavy atom. The lowest BCUT2D eigenvalue weighted by molar-refractivity contribution is 0.388. The van der Waals surface area contributed by atoms with Crippen LogP contribution in [0, 0.1) is 0 Å². The van der Waals surface area contributed by atoms with Crippen molar-refractivity contribution in [2.45, 2.75) is 19.4 Å². The molecule has 0 spiro atoms. The van der Waals surface area contributed by atoms with Gasteiger partial charge in [0, 0.05) is 18.3 Å². The minimum absolute atomic E-state index is 0.277. The normalized spacial score (nSPS) is 25.1. The molecule has 0 amide bonds. The Morgan fingerprint density at radius 1 is 1.36 bits per heavy atom. The number of hydrogen-bond acceptors (Lipinski definition) is 1. The average Bonchev–Trinajstić information content (AvgIpc) is 2.65. The Bertz CT molecular complexity index is 325. The average molecular weight is 209 g/mol. The highest BCUT2D eigenvalue weighted by Crippen LogP contribution is 2.25. The van der Waals surface area contributed by atoms with Crippen LogP contribution in [0.1, 0.15) is 24.9 Å². The van der Waals surface area contributed by atoms with E-state index in [2.05, 4.69) is 23.4 Å². The molecule has 0 bridgehead atoms. The largest absolute Gasteiger partial charge is 0.243 e. The molecule has 2 atom stereocenters. The van der Waals surface area contributed by atoms with Crippen LogP contribution in [0.15, 0.2) is 30.3 Å². The van der Waals surface area contributed by atoms with Gasteiger partial charge in [0.05, 0.1) is 11.0 Å². The molecule has 1 aromatic carbocycles. The molecule has 76 valence electrons. The molecule has 2 nitrogen and oxygen atoms in total. The Hall–Kier alpha value is -0.670. The molecular weight excluding hydrogens is 194 g/mol. The maximum atomic E-state index is 11.6. The molecule has 0 saturated carbocycles. The predicted molar refractivity (Wildman–Crippen MR) is 59.2 cm³/mol. The molecule has 0 radical (unpaired) electrons. The van der Waals surface area contributed by atoms with E-state index in [0.29, 0.717) is 0 Å². The summed E-state index contributed by atoms with van der Waals surface area (Å²) in [5.74, 6) is 0.831. The van der Waals surface area contributed by atoms with E-state index < -0.39 is 11.0 Å². The monoisotopic (exact) mass is 209 g/mol. The molecule has 2 unspecified atom stereocenters. The van der Waals surface area contributed by atoms with Crippen molar-refractivity contribution in [3.8, 4) is 0 Å². The van der Waals surface area contributed by atoms with Gasteiger partial charge in [-0.05, 0) is 18.9 Å². The summed E-state index contributed by atoms with van der Waals surface area (Å²) in [7, 11) is -0.758. The van der Waals surface area contributed by atoms with Crippen LogP contribution >= 0.6 is 0 Å². The quantitative estimate of drug-likeness (QED) is 0.730. The maximum absolute atomic E-state index is 11.6. The fourth-order valence-corrected chi connectivity index (χ4v) is 3.25. The Balaban J connectivity index is 2.16. The van der Waals surface area contributed by atoms with Crippen LogP contribution in [0.2, 0.25) is 0 Å². The van der Waals surface area contributed by atoms with Gasteiger partial charge in [0.15, 0.2) is 0 Å². The third-order valence-corrected chi connectivity index (χ3v) is 4.33. The molecule has 1 heterocycles. The van der Waals surface area contributed by atoms with Crippen LogP contribution in [-0.4, -0.2) is 20.8 Å². The minimum Gasteiger partial charge on any atom is -0.243 e. The van der Waals surface area contributed by atoms with Gasteiger partial charge >= 0.3 is 0 Å². The van der Waals surface area contributed by atoms with E-state index in [9.17, 15) is 4.21 Å². The zero-order chi connectivity index (χ0) is 9.97. The fraction of sp³-hybridized carbons (Fsp3) is 0.455. The van der Waals surface area contributed by atoms with Crippen molar-refractivity contribution in [1.82, 2.24) is 4.31 Å². The maximum Gasteiger partial charge on any atom is 0.0948 e. The van der Waals surface area contributed by atoms with Gasteiger partial charge in [0.25, 0.3) is 0 Å². The van der Waals surface area contributed by atoms with Crippen molar-refractivity contribution in [3.05, 3.63) is 35.9 Å². The highest BCUT2D eigenvalue weighted by atomic mass is 32.2. The van der Waals surface area contributed by atoms with E-state index in [0.717, 1.165) is 18.7 Å². The number of benzene rings is 1. The highest BCUT2D eigenvalue weighted by Gasteiger charge is 2.25. The summed E-state index contributed by atoms with van der Waals surface area (Å²) in [6.45, 7) is 3.08. The Kier molecular flexibility index (Phi) is 2.99. The molecule has 0 N–H and O–H groups in total. The topological polar surface area (TPSA) is 20.3 Å². The van der Waals surface area contributed by atoms with Gasteiger partial charge < -0.3 is 0 Å². The summed E-state index contributed by atoms with van der Waals surface area (Å²) < 4.78 is 13.7. The van der Waals surface area contributed by atoms with Crippen molar-refractivity contribution >= 4 is 11.0 Å². The highest BCUT2D eigenvalue weighted by molar-refractivity contribution is 7.82. The smallest absolute Gasteiger partial charge is 0.0948 e. The molecule has 2 rings (SSSR count). The molecule has 14 heavy (non-hydrogen) atoms. The summed E-state index contributed by atoms with van der Waals surface area (Å²) >= 11 is 0. The van der Waals surface area contributed by atoms with Crippen molar-refractivity contribution < 1.29 is 4.21 Å². The molecular formula is C11H15NOS. The van der Waals surface area contributed by atoms with Crippen LogP contribution in [0.5, 0.6) is 0 Å². The molecule has 0 aromatic heterocycles. The first kappa shape index (κ1) is 9.87. The second-order valence-corrected chi connectivity index (χ2v) is 5.13. The van der Waals surface area contributed by atoms with Crippen LogP contribution in [0.4, 0.5) is 0 Å². The third-order valence-electron chi connectivity index (χ3n) is 2.67. The molecule has 1 fully saturated rings. The van der Waals surface area contributed by atoms with E-state index >= 15 is 0 Å². The fourth-order valence-electron chi connectivity index (χ4n) is 1.83. The molecule has 1 aliphatic heterocycles. The van der Waals surface area contributed by atoms with Gasteiger partial charge in [0.2, 0.25) is 0 Å². The number of rotatable bonds is 2. The lowest BCUT2D eigenvalue weighted by Gasteiger charge is -2.22. The van der Waals surface area contributed by atoms with Crippen LogP contribution in [-0.2, 0) is 11.0 Å². The second-order valence-electron chi connectivity index (χ2n) is 3.61. The molecule has 1 aromatic rings. The summed E-state index contributed by atoms with van der Waals surface area (Å²) in [4.78, 5) is 0. The zero-order valence-corrected chi connectivity index (χ0v) is 9.17. The van der Waals surface area contributed by atoms with Gasteiger partial charge in [-0.1, -0.05) is 30.3 Å². The van der Waals surface area contributed by atoms with Crippen LogP contribution in [0.3, 0.4) is 0 Å². The van der Waals surface area contributed by atoms with Gasteiger partial charge in [-0.2, -0.15) is 0 Å². The second kappa shape index (κ2) is 4.24. The van der Waals surface area contributed by atoms with Gasteiger partial charge in [-0.15, -0.1) is 0 Å².